The lowest BCUT2D eigenvalue weighted by Gasteiger charge is -2.12. The Balaban J connectivity index is 1.52. The number of hydrogen-bond acceptors (Lipinski definition) is 2. The Hall–Kier alpha value is -2.49. The van der Waals surface area contributed by atoms with Crippen molar-refractivity contribution in [1.29, 1.82) is 0 Å². The molecule has 0 fully saturated rings. The summed E-state index contributed by atoms with van der Waals surface area (Å²) in [6.07, 6.45) is 3.06. The second kappa shape index (κ2) is 11.1. The van der Waals surface area contributed by atoms with Gasteiger partial charge in [0.1, 0.15) is 5.75 Å². The van der Waals surface area contributed by atoms with Gasteiger partial charge in [-0.05, 0) is 37.0 Å². The molecule has 0 saturated carbocycles. The van der Waals surface area contributed by atoms with Gasteiger partial charge in [-0.2, -0.15) is 0 Å². The Bertz CT molecular complexity index is 584. The van der Waals surface area contributed by atoms with Gasteiger partial charge in [-0.3, -0.25) is 4.99 Å². The minimum Gasteiger partial charge on any atom is -0.494 e. The van der Waals surface area contributed by atoms with Crippen LogP contribution in [0.3, 0.4) is 0 Å². The molecule has 4 heteroatoms. The van der Waals surface area contributed by atoms with Crippen LogP contribution in [0.4, 0.5) is 0 Å². The molecule has 2 rings (SSSR count). The maximum atomic E-state index is 5.68. The van der Waals surface area contributed by atoms with Crippen LogP contribution >= 0.6 is 0 Å². The van der Waals surface area contributed by atoms with Gasteiger partial charge in [0, 0.05) is 20.1 Å². The zero-order valence-corrected chi connectivity index (χ0v) is 14.4. The Kier molecular flexibility index (Phi) is 8.27. The number of para-hydroxylation sites is 1. The van der Waals surface area contributed by atoms with Crippen molar-refractivity contribution < 1.29 is 4.74 Å². The lowest BCUT2D eigenvalue weighted by molar-refractivity contribution is 0.307. The summed E-state index contributed by atoms with van der Waals surface area (Å²) in [6, 6.07) is 20.4. The molecule has 0 radical (unpaired) electrons. The van der Waals surface area contributed by atoms with Crippen molar-refractivity contribution in [2.45, 2.75) is 19.3 Å². The Morgan fingerprint density at radius 1 is 0.875 bits per heavy atom. The summed E-state index contributed by atoms with van der Waals surface area (Å²) in [5, 5.41) is 6.68. The van der Waals surface area contributed by atoms with E-state index in [9.17, 15) is 0 Å². The van der Waals surface area contributed by atoms with Gasteiger partial charge < -0.3 is 15.4 Å². The molecule has 0 bridgehead atoms. The molecule has 24 heavy (non-hydrogen) atoms. The Labute approximate surface area is 145 Å². The van der Waals surface area contributed by atoms with Crippen molar-refractivity contribution in [3.05, 3.63) is 66.2 Å². The van der Waals surface area contributed by atoms with Gasteiger partial charge >= 0.3 is 0 Å². The number of rotatable bonds is 9. The summed E-state index contributed by atoms with van der Waals surface area (Å²) in [4.78, 5) is 4.25. The lowest BCUT2D eigenvalue weighted by Crippen LogP contribution is -2.38. The monoisotopic (exact) mass is 325 g/mol. The highest BCUT2D eigenvalue weighted by atomic mass is 16.5. The normalized spacial score (nSPS) is 11.1. The Morgan fingerprint density at radius 2 is 1.54 bits per heavy atom. The summed E-state index contributed by atoms with van der Waals surface area (Å²) in [5.41, 5.74) is 1.33. The molecule has 0 aliphatic heterocycles. The van der Waals surface area contributed by atoms with Gasteiger partial charge in [-0.1, -0.05) is 48.5 Å². The van der Waals surface area contributed by atoms with Crippen LogP contribution in [0, 0.1) is 0 Å². The van der Waals surface area contributed by atoms with E-state index >= 15 is 0 Å². The fraction of sp³-hybridized carbons (Fsp3) is 0.350. The third kappa shape index (κ3) is 7.18. The average Bonchev–Trinajstić information content (AvgIpc) is 2.64. The molecule has 0 unspecified atom stereocenters. The van der Waals surface area contributed by atoms with E-state index in [0.29, 0.717) is 0 Å². The minimum atomic E-state index is 0.742. The van der Waals surface area contributed by atoms with E-state index < -0.39 is 0 Å². The van der Waals surface area contributed by atoms with E-state index in [1.54, 1.807) is 7.05 Å². The van der Waals surface area contributed by atoms with E-state index in [1.807, 2.05) is 36.4 Å². The predicted molar refractivity (Wildman–Crippen MR) is 101 cm³/mol. The van der Waals surface area contributed by atoms with Crippen molar-refractivity contribution in [3.63, 3.8) is 0 Å². The van der Waals surface area contributed by atoms with E-state index in [2.05, 4.69) is 39.9 Å². The van der Waals surface area contributed by atoms with E-state index in [1.165, 1.54) is 5.56 Å². The highest BCUT2D eigenvalue weighted by Crippen LogP contribution is 2.08. The SMILES string of the molecule is CN=C(NCCCCOc1ccccc1)NCCc1ccccc1. The first-order chi connectivity index (χ1) is 11.9. The molecule has 0 saturated heterocycles. The molecule has 0 aliphatic carbocycles. The summed E-state index contributed by atoms with van der Waals surface area (Å²) >= 11 is 0. The first-order valence-corrected chi connectivity index (χ1v) is 8.55. The molecule has 2 N–H and O–H groups in total. The van der Waals surface area contributed by atoms with E-state index in [-0.39, 0.29) is 0 Å². The molecule has 0 aromatic heterocycles. The second-order valence-electron chi connectivity index (χ2n) is 5.53. The third-order valence-corrected chi connectivity index (χ3v) is 3.65. The van der Waals surface area contributed by atoms with Crippen LogP contribution in [0.25, 0.3) is 0 Å². The van der Waals surface area contributed by atoms with Crippen molar-refractivity contribution >= 4 is 5.96 Å². The molecule has 0 spiro atoms. The molecule has 0 heterocycles. The molecule has 0 aliphatic rings. The summed E-state index contributed by atoms with van der Waals surface area (Å²) in [6.45, 7) is 2.51. The molecular weight excluding hydrogens is 298 g/mol. The number of ether oxygens (including phenoxy) is 1. The number of hydrogen-bond donors (Lipinski definition) is 2. The van der Waals surface area contributed by atoms with Gasteiger partial charge in [-0.25, -0.2) is 0 Å². The second-order valence-corrected chi connectivity index (χ2v) is 5.53. The van der Waals surface area contributed by atoms with Crippen LogP contribution in [0.1, 0.15) is 18.4 Å². The quantitative estimate of drug-likeness (QED) is 0.423. The standard InChI is InChI=1S/C20H27N3O/c1-21-20(23-16-14-18-10-4-2-5-11-18)22-15-8-9-17-24-19-12-6-3-7-13-19/h2-7,10-13H,8-9,14-17H2,1H3,(H2,21,22,23). The molecule has 4 nitrogen and oxygen atoms in total. The molecule has 0 atom stereocenters. The van der Waals surface area contributed by atoms with Gasteiger partial charge in [0.25, 0.3) is 0 Å². The predicted octanol–water partition coefficient (Wildman–Crippen LogP) is 3.25. The third-order valence-electron chi connectivity index (χ3n) is 3.65. The average molecular weight is 325 g/mol. The van der Waals surface area contributed by atoms with Crippen molar-refractivity contribution in [2.75, 3.05) is 26.7 Å². The highest BCUT2D eigenvalue weighted by Gasteiger charge is 1.98. The number of nitrogens with one attached hydrogen (secondary N) is 2. The molecular formula is C20H27N3O. The largest absolute Gasteiger partial charge is 0.494 e. The van der Waals surface area contributed by atoms with Gasteiger partial charge in [0.15, 0.2) is 5.96 Å². The van der Waals surface area contributed by atoms with E-state index in [0.717, 1.165) is 50.7 Å². The fourth-order valence-electron chi connectivity index (χ4n) is 2.33. The van der Waals surface area contributed by atoms with Gasteiger partial charge in [0.2, 0.25) is 0 Å². The van der Waals surface area contributed by atoms with Gasteiger partial charge in [0.05, 0.1) is 6.61 Å². The van der Waals surface area contributed by atoms with Crippen molar-refractivity contribution in [3.8, 4) is 5.75 Å². The number of benzene rings is 2. The van der Waals surface area contributed by atoms with E-state index in [4.69, 9.17) is 4.74 Å². The van der Waals surface area contributed by atoms with Crippen LogP contribution in [-0.2, 0) is 6.42 Å². The van der Waals surface area contributed by atoms with Crippen LogP contribution in [0.5, 0.6) is 5.75 Å². The summed E-state index contributed by atoms with van der Waals surface area (Å²) in [7, 11) is 1.80. The van der Waals surface area contributed by atoms with Crippen molar-refractivity contribution in [1.82, 2.24) is 10.6 Å². The summed E-state index contributed by atoms with van der Waals surface area (Å²) in [5.74, 6) is 1.79. The topological polar surface area (TPSA) is 45.7 Å². The van der Waals surface area contributed by atoms with Crippen LogP contribution in [-0.4, -0.2) is 32.7 Å². The zero-order valence-electron chi connectivity index (χ0n) is 14.4. The van der Waals surface area contributed by atoms with Crippen LogP contribution < -0.4 is 15.4 Å². The molecule has 128 valence electrons. The number of nitrogens with zero attached hydrogens (tertiary/aromatic N) is 1. The number of unbranched alkanes of at least 4 members (excludes halogenated alkanes) is 1. The molecule has 2 aromatic rings. The summed E-state index contributed by atoms with van der Waals surface area (Å²) < 4.78 is 5.68. The smallest absolute Gasteiger partial charge is 0.190 e. The maximum absolute atomic E-state index is 5.68. The highest BCUT2D eigenvalue weighted by molar-refractivity contribution is 5.79. The number of guanidine groups is 1. The molecule has 2 aromatic carbocycles. The number of aliphatic imine (C=N–C) groups is 1. The minimum absolute atomic E-state index is 0.742. The van der Waals surface area contributed by atoms with Crippen LogP contribution in [0.2, 0.25) is 0 Å². The first-order valence-electron chi connectivity index (χ1n) is 8.55. The first kappa shape index (κ1) is 17.9. The lowest BCUT2D eigenvalue weighted by atomic mass is 10.1. The molecule has 0 amide bonds. The van der Waals surface area contributed by atoms with Crippen LogP contribution in [0.15, 0.2) is 65.7 Å². The fourth-order valence-corrected chi connectivity index (χ4v) is 2.33. The maximum Gasteiger partial charge on any atom is 0.190 e. The van der Waals surface area contributed by atoms with Crippen molar-refractivity contribution in [2.24, 2.45) is 4.99 Å². The van der Waals surface area contributed by atoms with Gasteiger partial charge in [-0.15, -0.1) is 0 Å². The zero-order chi connectivity index (χ0) is 16.9. The Morgan fingerprint density at radius 3 is 2.25 bits per heavy atom.